The molecule has 0 bridgehead atoms. The van der Waals surface area contributed by atoms with Gasteiger partial charge in [0, 0.05) is 13.1 Å². The third kappa shape index (κ3) is 7.57. The number of rotatable bonds is 7. The number of amides is 1. The first-order chi connectivity index (χ1) is 10.2. The van der Waals surface area contributed by atoms with Gasteiger partial charge < -0.3 is 20.4 Å². The molecule has 1 aliphatic heterocycles. The Balaban J connectivity index is 0.00000242. The molecule has 2 rings (SSSR count). The summed E-state index contributed by atoms with van der Waals surface area (Å²) >= 11 is 0. The molecule has 1 amide bonds. The van der Waals surface area contributed by atoms with E-state index in [0.29, 0.717) is 24.4 Å². The van der Waals surface area contributed by atoms with Crippen LogP contribution in [0.1, 0.15) is 48.7 Å². The molecule has 1 saturated heterocycles. The summed E-state index contributed by atoms with van der Waals surface area (Å²) < 4.78 is 5.16. The van der Waals surface area contributed by atoms with Crippen molar-refractivity contribution in [2.24, 2.45) is 11.7 Å². The quantitative estimate of drug-likeness (QED) is 0.728. The molecule has 134 valence electrons. The molecule has 2 heterocycles. The number of unbranched alkanes of at least 4 members (excludes halogenated alkanes) is 1. The van der Waals surface area contributed by atoms with Crippen molar-refractivity contribution in [3.63, 3.8) is 0 Å². The number of nitrogens with two attached hydrogens (primary N) is 1. The van der Waals surface area contributed by atoms with Gasteiger partial charge in [-0.25, -0.2) is 0 Å². The van der Waals surface area contributed by atoms with Crippen LogP contribution in [0.2, 0.25) is 0 Å². The first-order valence-electron chi connectivity index (χ1n) is 7.97. The average Bonchev–Trinajstić information content (AvgIpc) is 2.96. The maximum atomic E-state index is 11.9. The average molecular weight is 366 g/mol. The van der Waals surface area contributed by atoms with Crippen LogP contribution < -0.4 is 11.1 Å². The van der Waals surface area contributed by atoms with Crippen molar-refractivity contribution in [1.29, 1.82) is 0 Å². The number of piperidine rings is 1. The Kier molecular flexibility index (Phi) is 11.4. The van der Waals surface area contributed by atoms with E-state index in [-0.39, 0.29) is 30.7 Å². The van der Waals surface area contributed by atoms with Gasteiger partial charge >= 0.3 is 0 Å². The third-order valence-electron chi connectivity index (χ3n) is 4.04. The van der Waals surface area contributed by atoms with Gasteiger partial charge in [0.05, 0.1) is 12.1 Å². The highest BCUT2D eigenvalue weighted by Gasteiger charge is 2.15. The molecule has 0 radical (unpaired) electrons. The standard InChI is InChI=1S/C16H27N3O2.2ClH/c1-13-5-4-8-19(11-13)7-3-2-6-18-16(20)14-9-15(10-17)21-12-14;;/h9,12-13H,2-8,10-11,17H2,1H3,(H,18,20);2*1H. The summed E-state index contributed by atoms with van der Waals surface area (Å²) in [5.74, 6) is 1.39. The maximum Gasteiger partial charge on any atom is 0.254 e. The fourth-order valence-electron chi connectivity index (χ4n) is 2.86. The molecule has 1 fully saturated rings. The Bertz CT molecular complexity index is 454. The second kappa shape index (κ2) is 11.7. The zero-order valence-corrected chi connectivity index (χ0v) is 15.4. The van der Waals surface area contributed by atoms with Crippen molar-refractivity contribution >= 4 is 30.7 Å². The summed E-state index contributed by atoms with van der Waals surface area (Å²) in [7, 11) is 0. The molecule has 1 aliphatic rings. The molecular weight excluding hydrogens is 337 g/mol. The molecule has 1 aromatic heterocycles. The fourth-order valence-corrected chi connectivity index (χ4v) is 2.86. The second-order valence-electron chi connectivity index (χ2n) is 6.02. The third-order valence-corrected chi connectivity index (χ3v) is 4.04. The number of furan rings is 1. The number of likely N-dealkylation sites (tertiary alicyclic amines) is 1. The number of carbonyl (C=O) groups excluding carboxylic acids is 1. The summed E-state index contributed by atoms with van der Waals surface area (Å²) in [6, 6.07) is 1.70. The van der Waals surface area contributed by atoms with Crippen molar-refractivity contribution in [2.45, 2.75) is 39.2 Å². The van der Waals surface area contributed by atoms with Crippen molar-refractivity contribution in [3.8, 4) is 0 Å². The van der Waals surface area contributed by atoms with Crippen LogP contribution in [0.15, 0.2) is 16.7 Å². The van der Waals surface area contributed by atoms with Crippen LogP contribution >= 0.6 is 24.8 Å². The van der Waals surface area contributed by atoms with Crippen molar-refractivity contribution in [2.75, 3.05) is 26.2 Å². The monoisotopic (exact) mass is 365 g/mol. The van der Waals surface area contributed by atoms with E-state index in [1.807, 2.05) is 0 Å². The van der Waals surface area contributed by atoms with E-state index in [2.05, 4.69) is 17.1 Å². The van der Waals surface area contributed by atoms with Gasteiger partial charge in [0.2, 0.25) is 0 Å². The van der Waals surface area contributed by atoms with Crippen LogP contribution in [-0.2, 0) is 6.54 Å². The lowest BCUT2D eigenvalue weighted by Crippen LogP contribution is -2.35. The highest BCUT2D eigenvalue weighted by atomic mass is 35.5. The minimum absolute atomic E-state index is 0. The summed E-state index contributed by atoms with van der Waals surface area (Å²) in [6.45, 7) is 6.96. The van der Waals surface area contributed by atoms with Crippen molar-refractivity contribution in [3.05, 3.63) is 23.7 Å². The Morgan fingerprint density at radius 3 is 2.87 bits per heavy atom. The summed E-state index contributed by atoms with van der Waals surface area (Å²) in [5.41, 5.74) is 6.01. The highest BCUT2D eigenvalue weighted by molar-refractivity contribution is 5.93. The molecule has 0 saturated carbocycles. The van der Waals surface area contributed by atoms with E-state index < -0.39 is 0 Å². The van der Waals surface area contributed by atoms with Gasteiger partial charge in [-0.1, -0.05) is 6.92 Å². The number of nitrogens with zero attached hydrogens (tertiary/aromatic N) is 1. The highest BCUT2D eigenvalue weighted by Crippen LogP contribution is 2.15. The summed E-state index contributed by atoms with van der Waals surface area (Å²) in [5, 5.41) is 2.92. The topological polar surface area (TPSA) is 71.5 Å². The number of hydrogen-bond acceptors (Lipinski definition) is 4. The second-order valence-corrected chi connectivity index (χ2v) is 6.02. The first-order valence-corrected chi connectivity index (χ1v) is 7.97. The zero-order valence-electron chi connectivity index (χ0n) is 13.8. The van der Waals surface area contributed by atoms with E-state index in [1.54, 1.807) is 6.07 Å². The molecular formula is C16H29Cl2N3O2. The van der Waals surface area contributed by atoms with Gasteiger partial charge in [0.15, 0.2) is 0 Å². The van der Waals surface area contributed by atoms with Crippen LogP contribution in [0, 0.1) is 5.92 Å². The Hall–Kier alpha value is -0.750. The van der Waals surface area contributed by atoms with E-state index in [0.717, 1.165) is 25.3 Å². The lowest BCUT2D eigenvalue weighted by molar-refractivity contribution is 0.0951. The van der Waals surface area contributed by atoms with Crippen LogP contribution in [0.3, 0.4) is 0 Å². The summed E-state index contributed by atoms with van der Waals surface area (Å²) in [6.07, 6.45) is 6.29. The van der Waals surface area contributed by atoms with Gasteiger partial charge in [-0.15, -0.1) is 24.8 Å². The molecule has 5 nitrogen and oxygen atoms in total. The molecule has 1 atom stereocenters. The smallest absolute Gasteiger partial charge is 0.254 e. The predicted molar refractivity (Wildman–Crippen MR) is 97.5 cm³/mol. The predicted octanol–water partition coefficient (Wildman–Crippen LogP) is 2.82. The Labute approximate surface area is 151 Å². The van der Waals surface area contributed by atoms with E-state index in [9.17, 15) is 4.79 Å². The first kappa shape index (κ1) is 22.2. The van der Waals surface area contributed by atoms with Crippen molar-refractivity contribution < 1.29 is 9.21 Å². The number of carbonyl (C=O) groups is 1. The zero-order chi connectivity index (χ0) is 15.1. The minimum Gasteiger partial charge on any atom is -0.467 e. The summed E-state index contributed by atoms with van der Waals surface area (Å²) in [4.78, 5) is 14.4. The fraction of sp³-hybridized carbons (Fsp3) is 0.688. The van der Waals surface area contributed by atoms with Crippen LogP contribution in [0.5, 0.6) is 0 Å². The minimum atomic E-state index is -0.0787. The molecule has 0 aromatic carbocycles. The van der Waals surface area contributed by atoms with Gasteiger partial charge in [-0.2, -0.15) is 0 Å². The molecule has 7 heteroatoms. The Morgan fingerprint density at radius 2 is 2.22 bits per heavy atom. The molecule has 23 heavy (non-hydrogen) atoms. The SMILES string of the molecule is CC1CCCN(CCCCNC(=O)c2coc(CN)c2)C1.Cl.Cl. The molecule has 0 aliphatic carbocycles. The van der Waals surface area contributed by atoms with Crippen molar-refractivity contribution in [1.82, 2.24) is 10.2 Å². The van der Waals surface area contributed by atoms with E-state index in [1.165, 1.54) is 32.2 Å². The lowest BCUT2D eigenvalue weighted by atomic mass is 10.0. The number of hydrogen-bond donors (Lipinski definition) is 2. The van der Waals surface area contributed by atoms with Gasteiger partial charge in [-0.05, 0) is 50.8 Å². The molecule has 0 spiro atoms. The maximum absolute atomic E-state index is 11.9. The normalized spacial score (nSPS) is 17.9. The van der Waals surface area contributed by atoms with Gasteiger partial charge in [0.25, 0.3) is 5.91 Å². The lowest BCUT2D eigenvalue weighted by Gasteiger charge is -2.30. The number of halogens is 2. The largest absolute Gasteiger partial charge is 0.467 e. The van der Waals surface area contributed by atoms with E-state index in [4.69, 9.17) is 10.2 Å². The van der Waals surface area contributed by atoms with Gasteiger partial charge in [-0.3, -0.25) is 4.79 Å². The van der Waals surface area contributed by atoms with Crippen LogP contribution in [0.25, 0.3) is 0 Å². The number of nitrogens with one attached hydrogen (secondary N) is 1. The van der Waals surface area contributed by atoms with Crippen LogP contribution in [0.4, 0.5) is 0 Å². The van der Waals surface area contributed by atoms with E-state index >= 15 is 0 Å². The molecule has 1 aromatic rings. The Morgan fingerprint density at radius 1 is 1.43 bits per heavy atom. The van der Waals surface area contributed by atoms with Gasteiger partial charge in [0.1, 0.15) is 12.0 Å². The van der Waals surface area contributed by atoms with Crippen LogP contribution in [-0.4, -0.2) is 37.0 Å². The molecule has 3 N–H and O–H groups in total. The molecule has 1 unspecified atom stereocenters.